The zero-order valence-corrected chi connectivity index (χ0v) is 17.8. The van der Waals surface area contributed by atoms with Gasteiger partial charge in [0.2, 0.25) is 15.9 Å². The molecule has 0 radical (unpaired) electrons. The Balaban J connectivity index is 1.85. The second-order valence-electron chi connectivity index (χ2n) is 7.73. The lowest BCUT2D eigenvalue weighted by Crippen LogP contribution is -2.42. The number of aryl methyl sites for hydroxylation is 4. The predicted molar refractivity (Wildman–Crippen MR) is 113 cm³/mol. The number of nitrogens with one attached hydrogen (secondary N) is 1. The maximum absolute atomic E-state index is 12.8. The minimum atomic E-state index is -3.60. The molecule has 6 heteroatoms. The first-order valence-corrected chi connectivity index (χ1v) is 11.4. The van der Waals surface area contributed by atoms with Crippen LogP contribution in [-0.2, 0) is 21.2 Å². The highest BCUT2D eigenvalue weighted by molar-refractivity contribution is 7.92. The van der Waals surface area contributed by atoms with Crippen LogP contribution in [0.2, 0.25) is 0 Å². The molecule has 0 heterocycles. The maximum Gasteiger partial charge on any atom is 0.241 e. The fraction of sp³-hybridized carbons (Fsp3) is 0.409. The molecule has 1 atom stereocenters. The normalized spacial score (nSPS) is 16.4. The van der Waals surface area contributed by atoms with Crippen LogP contribution in [0.1, 0.15) is 46.7 Å². The van der Waals surface area contributed by atoms with Crippen LogP contribution in [0.5, 0.6) is 0 Å². The minimum absolute atomic E-state index is 0.0703. The molecule has 0 bridgehead atoms. The van der Waals surface area contributed by atoms with Crippen LogP contribution in [0.4, 0.5) is 5.69 Å². The molecular weight excluding hydrogens is 372 g/mol. The van der Waals surface area contributed by atoms with Gasteiger partial charge in [-0.3, -0.25) is 9.10 Å². The summed E-state index contributed by atoms with van der Waals surface area (Å²) in [6, 6.07) is 11.9. The number of hydrogen-bond acceptors (Lipinski definition) is 3. The third-order valence-corrected chi connectivity index (χ3v) is 6.39. The molecule has 150 valence electrons. The second kappa shape index (κ2) is 7.95. The molecular formula is C22H28N2O3S. The molecule has 0 spiro atoms. The van der Waals surface area contributed by atoms with Gasteiger partial charge in [0.1, 0.15) is 6.54 Å². The molecule has 0 saturated heterocycles. The summed E-state index contributed by atoms with van der Waals surface area (Å²) in [6.07, 6.45) is 4.03. The highest BCUT2D eigenvalue weighted by atomic mass is 32.2. The van der Waals surface area contributed by atoms with Crippen molar-refractivity contribution in [1.29, 1.82) is 0 Å². The van der Waals surface area contributed by atoms with Gasteiger partial charge in [-0.25, -0.2) is 8.42 Å². The summed E-state index contributed by atoms with van der Waals surface area (Å²) >= 11 is 0. The second-order valence-corrected chi connectivity index (χ2v) is 9.63. The van der Waals surface area contributed by atoms with E-state index in [1.165, 1.54) is 9.87 Å². The lowest BCUT2D eigenvalue weighted by atomic mass is 9.88. The minimum Gasteiger partial charge on any atom is -0.348 e. The Morgan fingerprint density at radius 1 is 1.14 bits per heavy atom. The molecule has 0 aliphatic heterocycles. The number of nitrogens with zero attached hydrogens (tertiary/aromatic N) is 1. The lowest BCUT2D eigenvalue weighted by Gasteiger charge is -2.29. The number of benzene rings is 2. The number of carbonyl (C=O) groups is 1. The number of fused-ring (bicyclic) bond motifs is 1. The summed E-state index contributed by atoms with van der Waals surface area (Å²) in [7, 11) is -3.60. The van der Waals surface area contributed by atoms with Crippen LogP contribution in [-0.4, -0.2) is 27.1 Å². The van der Waals surface area contributed by atoms with Crippen LogP contribution in [0, 0.1) is 20.8 Å². The van der Waals surface area contributed by atoms with E-state index >= 15 is 0 Å². The van der Waals surface area contributed by atoms with E-state index < -0.39 is 10.0 Å². The third-order valence-electron chi connectivity index (χ3n) is 5.28. The monoisotopic (exact) mass is 400 g/mol. The number of anilines is 1. The van der Waals surface area contributed by atoms with Crippen LogP contribution in [0.25, 0.3) is 0 Å². The van der Waals surface area contributed by atoms with Gasteiger partial charge in [0, 0.05) is 0 Å². The van der Waals surface area contributed by atoms with Crippen molar-refractivity contribution in [3.05, 3.63) is 64.2 Å². The molecule has 1 N–H and O–H groups in total. The van der Waals surface area contributed by atoms with Gasteiger partial charge in [0.25, 0.3) is 0 Å². The molecule has 0 aromatic heterocycles. The third kappa shape index (κ3) is 4.38. The van der Waals surface area contributed by atoms with Gasteiger partial charge < -0.3 is 5.32 Å². The molecule has 5 nitrogen and oxygen atoms in total. The van der Waals surface area contributed by atoms with Crippen molar-refractivity contribution in [3.8, 4) is 0 Å². The molecule has 0 unspecified atom stereocenters. The SMILES string of the molecule is Cc1cc(C)c(N(CC(=O)N[C@@H]2CCCc3ccccc32)S(C)(=O)=O)c(C)c1. The number of sulfonamides is 1. The highest BCUT2D eigenvalue weighted by Crippen LogP contribution is 2.30. The van der Waals surface area contributed by atoms with Gasteiger partial charge in [-0.15, -0.1) is 0 Å². The van der Waals surface area contributed by atoms with E-state index in [1.54, 1.807) is 0 Å². The van der Waals surface area contributed by atoms with Crippen molar-refractivity contribution < 1.29 is 13.2 Å². The smallest absolute Gasteiger partial charge is 0.241 e. The van der Waals surface area contributed by atoms with Gasteiger partial charge in [-0.1, -0.05) is 42.0 Å². The first-order chi connectivity index (χ1) is 13.2. The molecule has 2 aromatic rings. The molecule has 3 rings (SSSR count). The Bertz CT molecular complexity index is 976. The standard InChI is InChI=1S/C22H28N2O3S/c1-15-12-16(2)22(17(3)13-15)24(28(4,26)27)14-21(25)23-20-11-7-9-18-8-5-6-10-19(18)20/h5-6,8,10,12-13,20H,7,9,11,14H2,1-4H3,(H,23,25)/t20-/m1/s1. The van der Waals surface area contributed by atoms with E-state index in [1.807, 2.05) is 51.1 Å². The zero-order chi connectivity index (χ0) is 20.5. The number of carbonyl (C=O) groups excluding carboxylic acids is 1. The first-order valence-electron chi connectivity index (χ1n) is 9.59. The van der Waals surface area contributed by atoms with E-state index in [0.29, 0.717) is 5.69 Å². The van der Waals surface area contributed by atoms with E-state index in [2.05, 4.69) is 11.4 Å². The van der Waals surface area contributed by atoms with E-state index in [-0.39, 0.29) is 18.5 Å². The Hall–Kier alpha value is -2.34. The summed E-state index contributed by atoms with van der Waals surface area (Å²) in [5.41, 5.74) is 5.74. The zero-order valence-electron chi connectivity index (χ0n) is 17.0. The molecule has 1 aliphatic rings. The molecule has 28 heavy (non-hydrogen) atoms. The summed E-state index contributed by atoms with van der Waals surface area (Å²) in [5.74, 6) is -0.286. The fourth-order valence-electron chi connectivity index (χ4n) is 4.20. The lowest BCUT2D eigenvalue weighted by molar-refractivity contribution is -0.120. The van der Waals surface area contributed by atoms with Crippen molar-refractivity contribution >= 4 is 21.6 Å². The number of rotatable bonds is 5. The Morgan fingerprint density at radius 2 is 1.79 bits per heavy atom. The Kier molecular flexibility index (Phi) is 5.79. The van der Waals surface area contributed by atoms with Gasteiger partial charge in [-0.2, -0.15) is 0 Å². The fourth-order valence-corrected chi connectivity index (χ4v) is 5.17. The summed E-state index contributed by atoms with van der Waals surface area (Å²) in [4.78, 5) is 12.8. The van der Waals surface area contributed by atoms with Crippen molar-refractivity contribution in [2.75, 3.05) is 17.1 Å². The van der Waals surface area contributed by atoms with Crippen LogP contribution in [0.15, 0.2) is 36.4 Å². The summed E-state index contributed by atoms with van der Waals surface area (Å²) in [6.45, 7) is 5.51. The van der Waals surface area contributed by atoms with E-state index in [4.69, 9.17) is 0 Å². The first kappa shape index (κ1) is 20.4. The summed E-state index contributed by atoms with van der Waals surface area (Å²) < 4.78 is 26.2. The van der Waals surface area contributed by atoms with Crippen molar-refractivity contribution in [2.24, 2.45) is 0 Å². The molecule has 0 saturated carbocycles. The molecule has 1 aliphatic carbocycles. The van der Waals surface area contributed by atoms with E-state index in [9.17, 15) is 13.2 Å². The van der Waals surface area contributed by atoms with Gasteiger partial charge in [-0.05, 0) is 62.3 Å². The van der Waals surface area contributed by atoms with Crippen molar-refractivity contribution in [3.63, 3.8) is 0 Å². The number of hydrogen-bond donors (Lipinski definition) is 1. The van der Waals surface area contributed by atoms with Gasteiger partial charge in [0.05, 0.1) is 18.0 Å². The highest BCUT2D eigenvalue weighted by Gasteiger charge is 2.27. The quantitative estimate of drug-likeness (QED) is 0.834. The van der Waals surface area contributed by atoms with Gasteiger partial charge >= 0.3 is 0 Å². The topological polar surface area (TPSA) is 66.5 Å². The van der Waals surface area contributed by atoms with Gasteiger partial charge in [0.15, 0.2) is 0 Å². The van der Waals surface area contributed by atoms with Crippen LogP contribution >= 0.6 is 0 Å². The predicted octanol–water partition coefficient (Wildman–Crippen LogP) is 3.57. The summed E-state index contributed by atoms with van der Waals surface area (Å²) in [5, 5.41) is 3.05. The molecule has 2 aromatic carbocycles. The van der Waals surface area contributed by atoms with Crippen molar-refractivity contribution in [2.45, 2.75) is 46.1 Å². The Morgan fingerprint density at radius 3 is 2.43 bits per heavy atom. The van der Waals surface area contributed by atoms with E-state index in [0.717, 1.165) is 47.8 Å². The average Bonchev–Trinajstić information content (AvgIpc) is 2.59. The van der Waals surface area contributed by atoms with Crippen LogP contribution in [0.3, 0.4) is 0 Å². The average molecular weight is 401 g/mol. The number of amides is 1. The Labute approximate surface area is 167 Å². The van der Waals surface area contributed by atoms with Crippen LogP contribution < -0.4 is 9.62 Å². The van der Waals surface area contributed by atoms with Crippen molar-refractivity contribution in [1.82, 2.24) is 5.32 Å². The molecule has 1 amide bonds. The largest absolute Gasteiger partial charge is 0.348 e. The maximum atomic E-state index is 12.8. The molecule has 0 fully saturated rings.